The molecule has 0 bridgehead atoms. The Hall–Kier alpha value is -1.63. The van der Waals surface area contributed by atoms with Gasteiger partial charge in [-0.2, -0.15) is 0 Å². The summed E-state index contributed by atoms with van der Waals surface area (Å²) in [7, 11) is 0. The van der Waals surface area contributed by atoms with E-state index in [1.165, 1.54) is 12.1 Å². The fraction of sp³-hybridized carbons (Fsp3) is 0.0714. The fourth-order valence-electron chi connectivity index (χ4n) is 1.60. The van der Waals surface area contributed by atoms with Gasteiger partial charge in [-0.3, -0.25) is 0 Å². The molecule has 0 spiro atoms. The SMILES string of the molecule is O=C(O)c1ccc(CNc2ccc(F)cc2I)cc1. The third kappa shape index (κ3) is 3.66. The van der Waals surface area contributed by atoms with Crippen molar-refractivity contribution in [1.29, 1.82) is 0 Å². The number of carbonyl (C=O) groups is 1. The number of hydrogen-bond donors (Lipinski definition) is 2. The molecule has 19 heavy (non-hydrogen) atoms. The second-order valence-electron chi connectivity index (χ2n) is 3.98. The van der Waals surface area contributed by atoms with Gasteiger partial charge in [-0.1, -0.05) is 12.1 Å². The molecule has 0 fully saturated rings. The summed E-state index contributed by atoms with van der Waals surface area (Å²) in [4.78, 5) is 10.7. The Morgan fingerprint density at radius 1 is 1.21 bits per heavy atom. The van der Waals surface area contributed by atoms with Crippen LogP contribution < -0.4 is 5.32 Å². The molecule has 5 heteroatoms. The van der Waals surface area contributed by atoms with Gasteiger partial charge in [-0.15, -0.1) is 0 Å². The van der Waals surface area contributed by atoms with Gasteiger partial charge < -0.3 is 10.4 Å². The molecule has 0 aliphatic carbocycles. The molecule has 2 aromatic carbocycles. The van der Waals surface area contributed by atoms with Gasteiger partial charge in [0.05, 0.1) is 5.56 Å². The quantitative estimate of drug-likeness (QED) is 0.806. The third-order valence-electron chi connectivity index (χ3n) is 2.61. The maximum atomic E-state index is 12.9. The molecule has 0 saturated heterocycles. The van der Waals surface area contributed by atoms with Crippen molar-refractivity contribution in [2.75, 3.05) is 5.32 Å². The first-order chi connectivity index (χ1) is 9.06. The molecule has 0 saturated carbocycles. The summed E-state index contributed by atoms with van der Waals surface area (Å²) in [6.45, 7) is 0.557. The second-order valence-corrected chi connectivity index (χ2v) is 5.14. The van der Waals surface area contributed by atoms with E-state index >= 15 is 0 Å². The number of benzene rings is 2. The van der Waals surface area contributed by atoms with Gasteiger partial charge in [0.1, 0.15) is 5.82 Å². The number of hydrogen-bond acceptors (Lipinski definition) is 2. The number of halogens is 2. The molecule has 2 aromatic rings. The van der Waals surface area contributed by atoms with Crippen LogP contribution in [0.15, 0.2) is 42.5 Å². The highest BCUT2D eigenvalue weighted by Gasteiger charge is 2.03. The highest BCUT2D eigenvalue weighted by Crippen LogP contribution is 2.19. The molecule has 0 aromatic heterocycles. The Kier molecular flexibility index (Phi) is 4.36. The van der Waals surface area contributed by atoms with Crippen LogP contribution in [0, 0.1) is 9.39 Å². The van der Waals surface area contributed by atoms with E-state index in [2.05, 4.69) is 27.9 Å². The van der Waals surface area contributed by atoms with Crippen molar-refractivity contribution in [1.82, 2.24) is 0 Å². The van der Waals surface area contributed by atoms with Crippen LogP contribution in [-0.4, -0.2) is 11.1 Å². The maximum absolute atomic E-state index is 12.9. The van der Waals surface area contributed by atoms with Crippen LogP contribution in [0.3, 0.4) is 0 Å². The highest BCUT2D eigenvalue weighted by atomic mass is 127. The minimum atomic E-state index is -0.937. The van der Waals surface area contributed by atoms with E-state index in [-0.39, 0.29) is 11.4 Å². The Labute approximate surface area is 123 Å². The van der Waals surface area contributed by atoms with Crippen molar-refractivity contribution in [3.8, 4) is 0 Å². The number of carboxylic acid groups (broad SMARTS) is 1. The molecule has 0 amide bonds. The molecule has 2 rings (SSSR count). The number of nitrogens with one attached hydrogen (secondary N) is 1. The first-order valence-electron chi connectivity index (χ1n) is 5.57. The second kappa shape index (κ2) is 6.01. The van der Waals surface area contributed by atoms with E-state index in [9.17, 15) is 9.18 Å². The number of anilines is 1. The summed E-state index contributed by atoms with van der Waals surface area (Å²) in [6, 6.07) is 11.2. The zero-order chi connectivity index (χ0) is 13.8. The number of carboxylic acids is 1. The predicted octanol–water partition coefficient (Wildman–Crippen LogP) is 3.74. The van der Waals surface area contributed by atoms with E-state index in [4.69, 9.17) is 5.11 Å². The molecule has 0 aliphatic rings. The molecule has 2 N–H and O–H groups in total. The van der Waals surface area contributed by atoms with Crippen molar-refractivity contribution < 1.29 is 14.3 Å². The van der Waals surface area contributed by atoms with Gasteiger partial charge in [0.25, 0.3) is 0 Å². The standard InChI is InChI=1S/C14H11FINO2/c15-11-5-6-13(12(16)7-11)17-8-9-1-3-10(4-2-9)14(18)19/h1-7,17H,8H2,(H,18,19). The molecule has 0 unspecified atom stereocenters. The van der Waals surface area contributed by atoms with Crippen molar-refractivity contribution in [3.63, 3.8) is 0 Å². The van der Waals surface area contributed by atoms with Gasteiger partial charge >= 0.3 is 5.97 Å². The Morgan fingerprint density at radius 2 is 1.89 bits per heavy atom. The smallest absolute Gasteiger partial charge is 0.335 e. The minimum Gasteiger partial charge on any atom is -0.478 e. The van der Waals surface area contributed by atoms with E-state index < -0.39 is 5.97 Å². The normalized spacial score (nSPS) is 10.2. The van der Waals surface area contributed by atoms with Crippen molar-refractivity contribution >= 4 is 34.2 Å². The zero-order valence-corrected chi connectivity index (χ0v) is 12.0. The lowest BCUT2D eigenvalue weighted by atomic mass is 10.1. The van der Waals surface area contributed by atoms with Crippen LogP contribution in [0.25, 0.3) is 0 Å². The monoisotopic (exact) mass is 371 g/mol. The summed E-state index contributed by atoms with van der Waals surface area (Å²) < 4.78 is 13.7. The zero-order valence-electron chi connectivity index (χ0n) is 9.86. The third-order valence-corrected chi connectivity index (χ3v) is 3.51. The average Bonchev–Trinajstić information content (AvgIpc) is 2.38. The van der Waals surface area contributed by atoms with E-state index in [0.717, 1.165) is 14.8 Å². The number of rotatable bonds is 4. The van der Waals surface area contributed by atoms with E-state index in [1.807, 2.05) is 0 Å². The molecular formula is C14H11FINO2. The largest absolute Gasteiger partial charge is 0.478 e. The van der Waals surface area contributed by atoms with Crippen molar-refractivity contribution in [3.05, 3.63) is 63.0 Å². The Morgan fingerprint density at radius 3 is 2.47 bits per heavy atom. The van der Waals surface area contributed by atoms with Crippen LogP contribution in [0.2, 0.25) is 0 Å². The predicted molar refractivity (Wildman–Crippen MR) is 79.8 cm³/mol. The fourth-order valence-corrected chi connectivity index (χ4v) is 2.26. The van der Waals surface area contributed by atoms with Gasteiger partial charge in [-0.25, -0.2) is 9.18 Å². The molecule has 0 heterocycles. The first kappa shape index (κ1) is 13.8. The van der Waals surface area contributed by atoms with Gasteiger partial charge in [-0.05, 0) is 58.5 Å². The minimum absolute atomic E-state index is 0.263. The Bertz CT molecular complexity index is 599. The lowest BCUT2D eigenvalue weighted by Gasteiger charge is -2.09. The average molecular weight is 371 g/mol. The molecular weight excluding hydrogens is 360 g/mol. The molecule has 0 aliphatic heterocycles. The van der Waals surface area contributed by atoms with Crippen LogP contribution in [-0.2, 0) is 6.54 Å². The number of aromatic carboxylic acids is 1. The van der Waals surface area contributed by atoms with Crippen molar-refractivity contribution in [2.45, 2.75) is 6.54 Å². The first-order valence-corrected chi connectivity index (χ1v) is 6.65. The molecule has 0 radical (unpaired) electrons. The Balaban J connectivity index is 2.04. The van der Waals surface area contributed by atoms with E-state index in [0.29, 0.717) is 6.54 Å². The summed E-state index contributed by atoms with van der Waals surface area (Å²) >= 11 is 2.06. The molecule has 98 valence electrons. The topological polar surface area (TPSA) is 49.3 Å². The molecule has 3 nitrogen and oxygen atoms in total. The van der Waals surface area contributed by atoms with Gasteiger partial charge in [0.2, 0.25) is 0 Å². The van der Waals surface area contributed by atoms with Gasteiger partial charge in [0, 0.05) is 15.8 Å². The van der Waals surface area contributed by atoms with Crippen LogP contribution >= 0.6 is 22.6 Å². The van der Waals surface area contributed by atoms with Crippen molar-refractivity contribution in [2.24, 2.45) is 0 Å². The lowest BCUT2D eigenvalue weighted by Crippen LogP contribution is -2.02. The van der Waals surface area contributed by atoms with Crippen LogP contribution in [0.4, 0.5) is 10.1 Å². The summed E-state index contributed by atoms with van der Waals surface area (Å²) in [5, 5.41) is 12.0. The summed E-state index contributed by atoms with van der Waals surface area (Å²) in [6.07, 6.45) is 0. The summed E-state index contributed by atoms with van der Waals surface area (Å²) in [5.41, 5.74) is 2.08. The van der Waals surface area contributed by atoms with Crippen LogP contribution in [0.1, 0.15) is 15.9 Å². The molecule has 0 atom stereocenters. The lowest BCUT2D eigenvalue weighted by molar-refractivity contribution is 0.0697. The summed E-state index contributed by atoms with van der Waals surface area (Å²) in [5.74, 6) is -1.20. The van der Waals surface area contributed by atoms with Crippen LogP contribution in [0.5, 0.6) is 0 Å². The van der Waals surface area contributed by atoms with E-state index in [1.54, 1.807) is 30.3 Å². The maximum Gasteiger partial charge on any atom is 0.335 e. The highest BCUT2D eigenvalue weighted by molar-refractivity contribution is 14.1. The van der Waals surface area contributed by atoms with Gasteiger partial charge in [0.15, 0.2) is 0 Å².